The van der Waals surface area contributed by atoms with E-state index in [1.165, 1.54) is 26.2 Å². The number of rotatable bonds is 2. The number of nitrogens with one attached hydrogen (secondary N) is 1. The summed E-state index contributed by atoms with van der Waals surface area (Å²) in [7, 11) is 0. The van der Waals surface area contributed by atoms with Crippen molar-refractivity contribution in [1.82, 2.24) is 14.9 Å². The number of hydrogen-bond donors (Lipinski definition) is 1. The fraction of sp³-hybridized carbons (Fsp3) is 0.250. The molecule has 0 aliphatic carbocycles. The molecular formula is C16H15N3S2. The molecule has 1 aromatic carbocycles. The van der Waals surface area contributed by atoms with Gasteiger partial charge < -0.3 is 4.98 Å². The molecule has 1 aliphatic rings. The summed E-state index contributed by atoms with van der Waals surface area (Å²) in [5.74, 6) is 0. The van der Waals surface area contributed by atoms with E-state index in [1.807, 2.05) is 17.5 Å². The van der Waals surface area contributed by atoms with Gasteiger partial charge in [0.2, 0.25) is 0 Å². The van der Waals surface area contributed by atoms with Crippen LogP contribution in [0.3, 0.4) is 0 Å². The highest BCUT2D eigenvalue weighted by molar-refractivity contribution is 7.71. The highest BCUT2D eigenvalue weighted by Crippen LogP contribution is 2.27. The van der Waals surface area contributed by atoms with Gasteiger partial charge in [-0.1, -0.05) is 18.2 Å². The van der Waals surface area contributed by atoms with Crippen LogP contribution in [0.1, 0.15) is 16.1 Å². The first-order valence-corrected chi connectivity index (χ1v) is 8.27. The van der Waals surface area contributed by atoms with Crippen LogP contribution < -0.4 is 0 Å². The zero-order valence-corrected chi connectivity index (χ0v) is 13.1. The van der Waals surface area contributed by atoms with E-state index in [9.17, 15) is 0 Å². The number of fused-ring (bicyclic) bond motifs is 2. The number of nitrogens with zero attached hydrogens (tertiary/aromatic N) is 2. The third kappa shape index (κ3) is 2.64. The molecule has 2 aromatic heterocycles. The Labute approximate surface area is 132 Å². The van der Waals surface area contributed by atoms with E-state index < -0.39 is 0 Å². The molecule has 3 heterocycles. The quantitative estimate of drug-likeness (QED) is 0.728. The largest absolute Gasteiger partial charge is 0.333 e. The molecule has 0 fully saturated rings. The Morgan fingerprint density at radius 2 is 2.24 bits per heavy atom. The fourth-order valence-electron chi connectivity index (χ4n) is 2.86. The first-order chi connectivity index (χ1) is 10.3. The Morgan fingerprint density at radius 3 is 3.14 bits per heavy atom. The summed E-state index contributed by atoms with van der Waals surface area (Å²) in [6, 6.07) is 10.9. The second-order valence-electron chi connectivity index (χ2n) is 5.40. The van der Waals surface area contributed by atoms with Crippen LogP contribution in [0.15, 0.2) is 36.5 Å². The van der Waals surface area contributed by atoms with Gasteiger partial charge in [0.1, 0.15) is 0 Å². The molecule has 3 aromatic rings. The number of benzene rings is 1. The minimum Gasteiger partial charge on any atom is -0.333 e. The van der Waals surface area contributed by atoms with Crippen molar-refractivity contribution in [2.24, 2.45) is 0 Å². The normalized spacial score (nSPS) is 15.2. The van der Waals surface area contributed by atoms with E-state index in [0.717, 1.165) is 26.1 Å². The van der Waals surface area contributed by atoms with Crippen LogP contribution in [-0.4, -0.2) is 21.4 Å². The zero-order valence-electron chi connectivity index (χ0n) is 11.5. The number of aromatic nitrogens is 2. The molecule has 21 heavy (non-hydrogen) atoms. The maximum Gasteiger partial charge on any atom is 0.196 e. The van der Waals surface area contributed by atoms with Crippen LogP contribution >= 0.6 is 23.6 Å². The molecule has 1 N–H and O–H groups in total. The average Bonchev–Trinajstić information content (AvgIpc) is 2.89. The van der Waals surface area contributed by atoms with Crippen LogP contribution in [0, 0.1) is 4.77 Å². The van der Waals surface area contributed by atoms with Gasteiger partial charge in [0.15, 0.2) is 4.77 Å². The van der Waals surface area contributed by atoms with Crippen molar-refractivity contribution in [3.63, 3.8) is 0 Å². The SMILES string of the molecule is S=c1ncc2c([nH]1)CN(Cc1cc3ccccc3s1)CC2. The third-order valence-electron chi connectivity index (χ3n) is 3.92. The average molecular weight is 313 g/mol. The molecule has 0 unspecified atom stereocenters. The van der Waals surface area contributed by atoms with E-state index in [4.69, 9.17) is 12.2 Å². The molecule has 0 atom stereocenters. The predicted molar refractivity (Wildman–Crippen MR) is 89.1 cm³/mol. The van der Waals surface area contributed by atoms with Crippen molar-refractivity contribution in [1.29, 1.82) is 0 Å². The summed E-state index contributed by atoms with van der Waals surface area (Å²) < 4.78 is 1.95. The predicted octanol–water partition coefficient (Wildman–Crippen LogP) is 3.91. The van der Waals surface area contributed by atoms with E-state index in [1.54, 1.807) is 0 Å². The summed E-state index contributed by atoms with van der Waals surface area (Å²) in [4.78, 5) is 11.3. The van der Waals surface area contributed by atoms with Crippen molar-refractivity contribution in [2.45, 2.75) is 19.5 Å². The van der Waals surface area contributed by atoms with Crippen LogP contribution in [0.4, 0.5) is 0 Å². The van der Waals surface area contributed by atoms with Crippen molar-refractivity contribution >= 4 is 33.6 Å². The maximum atomic E-state index is 5.13. The monoisotopic (exact) mass is 313 g/mol. The van der Waals surface area contributed by atoms with Gasteiger partial charge in [-0.15, -0.1) is 11.3 Å². The smallest absolute Gasteiger partial charge is 0.196 e. The van der Waals surface area contributed by atoms with Crippen molar-refractivity contribution in [3.05, 3.63) is 57.4 Å². The Morgan fingerprint density at radius 1 is 1.33 bits per heavy atom. The van der Waals surface area contributed by atoms with Crippen LogP contribution in [0.5, 0.6) is 0 Å². The first kappa shape index (κ1) is 13.1. The first-order valence-electron chi connectivity index (χ1n) is 7.05. The second-order valence-corrected chi connectivity index (χ2v) is 6.96. The van der Waals surface area contributed by atoms with Gasteiger partial charge in [-0.25, -0.2) is 4.98 Å². The van der Waals surface area contributed by atoms with Gasteiger partial charge in [0.05, 0.1) is 0 Å². The van der Waals surface area contributed by atoms with Crippen LogP contribution in [0.25, 0.3) is 10.1 Å². The molecule has 1 aliphatic heterocycles. The molecule has 4 rings (SSSR count). The maximum absolute atomic E-state index is 5.13. The van der Waals surface area contributed by atoms with E-state index in [0.29, 0.717) is 4.77 Å². The molecule has 106 valence electrons. The second kappa shape index (κ2) is 5.33. The molecule has 0 spiro atoms. The molecule has 0 saturated heterocycles. The van der Waals surface area contributed by atoms with Gasteiger partial charge in [-0.05, 0) is 41.7 Å². The highest BCUT2D eigenvalue weighted by atomic mass is 32.1. The van der Waals surface area contributed by atoms with Crippen LogP contribution in [-0.2, 0) is 19.5 Å². The van der Waals surface area contributed by atoms with Gasteiger partial charge in [0.25, 0.3) is 0 Å². The van der Waals surface area contributed by atoms with Gasteiger partial charge in [0, 0.05) is 41.1 Å². The van der Waals surface area contributed by atoms with Gasteiger partial charge >= 0.3 is 0 Å². The van der Waals surface area contributed by atoms with E-state index in [-0.39, 0.29) is 0 Å². The van der Waals surface area contributed by atoms with Gasteiger partial charge in [-0.2, -0.15) is 0 Å². The van der Waals surface area contributed by atoms with Crippen molar-refractivity contribution in [3.8, 4) is 0 Å². The Kier molecular flexibility index (Phi) is 3.33. The van der Waals surface area contributed by atoms with Crippen LogP contribution in [0.2, 0.25) is 0 Å². The molecule has 5 heteroatoms. The number of hydrogen-bond acceptors (Lipinski definition) is 4. The summed E-state index contributed by atoms with van der Waals surface area (Å²) in [5, 5.41) is 1.35. The lowest BCUT2D eigenvalue weighted by Gasteiger charge is -2.27. The molecule has 0 amide bonds. The fourth-order valence-corrected chi connectivity index (χ4v) is 4.15. The highest BCUT2D eigenvalue weighted by Gasteiger charge is 2.17. The lowest BCUT2D eigenvalue weighted by atomic mass is 10.1. The standard InChI is InChI=1S/C16H15N3S2/c20-16-17-8-12-5-6-19(10-14(12)18-16)9-13-7-11-3-1-2-4-15(11)21-13/h1-4,7-8H,5-6,9-10H2,(H,17,18,20). The Balaban J connectivity index is 1.57. The zero-order chi connectivity index (χ0) is 14.2. The molecule has 0 radical (unpaired) electrons. The third-order valence-corrected chi connectivity index (χ3v) is 5.23. The summed E-state index contributed by atoms with van der Waals surface area (Å²) in [6.07, 6.45) is 2.96. The summed E-state index contributed by atoms with van der Waals surface area (Å²) >= 11 is 7.02. The topological polar surface area (TPSA) is 31.9 Å². The molecular weight excluding hydrogens is 298 g/mol. The Hall–Kier alpha value is -1.56. The summed E-state index contributed by atoms with van der Waals surface area (Å²) in [5.41, 5.74) is 2.53. The minimum absolute atomic E-state index is 0.581. The number of thiophene rings is 1. The number of H-pyrrole nitrogens is 1. The van der Waals surface area contributed by atoms with Crippen molar-refractivity contribution < 1.29 is 0 Å². The van der Waals surface area contributed by atoms with Crippen molar-refractivity contribution in [2.75, 3.05) is 6.54 Å². The van der Waals surface area contributed by atoms with Gasteiger partial charge in [-0.3, -0.25) is 4.90 Å². The Bertz CT molecular complexity index is 817. The minimum atomic E-state index is 0.581. The number of aromatic amines is 1. The summed E-state index contributed by atoms with van der Waals surface area (Å²) in [6.45, 7) is 3.00. The lowest BCUT2D eigenvalue weighted by molar-refractivity contribution is 0.243. The van der Waals surface area contributed by atoms with E-state index >= 15 is 0 Å². The molecule has 0 saturated carbocycles. The molecule has 3 nitrogen and oxygen atoms in total. The molecule has 0 bridgehead atoms. The van der Waals surface area contributed by atoms with E-state index in [2.05, 4.69) is 45.2 Å². The lowest BCUT2D eigenvalue weighted by Crippen LogP contribution is -2.30.